The average molecular weight is 246 g/mol. The molecule has 3 nitrogen and oxygen atoms in total. The van der Waals surface area contributed by atoms with E-state index < -0.39 is 0 Å². The van der Waals surface area contributed by atoms with Gasteiger partial charge >= 0.3 is 0 Å². The van der Waals surface area contributed by atoms with Crippen molar-refractivity contribution in [2.24, 2.45) is 5.92 Å². The Bertz CT molecular complexity index is 440. The van der Waals surface area contributed by atoms with Gasteiger partial charge in [-0.15, -0.1) is 0 Å². The van der Waals surface area contributed by atoms with Gasteiger partial charge in [0.25, 0.3) is 0 Å². The van der Waals surface area contributed by atoms with E-state index >= 15 is 0 Å². The second-order valence-corrected chi connectivity index (χ2v) is 5.29. The molecule has 0 radical (unpaired) electrons. The van der Waals surface area contributed by atoms with E-state index in [-0.39, 0.29) is 17.5 Å². The van der Waals surface area contributed by atoms with Crippen LogP contribution in [0, 0.1) is 5.92 Å². The van der Waals surface area contributed by atoms with Crippen molar-refractivity contribution in [1.29, 1.82) is 0 Å². The van der Waals surface area contributed by atoms with Crippen LogP contribution in [0.1, 0.15) is 51.9 Å². The molecule has 2 aliphatic carbocycles. The molecule has 0 spiro atoms. The van der Waals surface area contributed by atoms with Crippen molar-refractivity contribution in [2.45, 2.75) is 51.9 Å². The van der Waals surface area contributed by atoms with Crippen LogP contribution in [0.4, 0.5) is 0 Å². The number of carbonyl (C=O) groups excluding carboxylic acids is 2. The molecule has 0 saturated heterocycles. The molecule has 96 valence electrons. The first-order valence-corrected chi connectivity index (χ1v) is 6.92. The lowest BCUT2D eigenvalue weighted by Gasteiger charge is -2.35. The molecular formula is C15H18O3. The van der Waals surface area contributed by atoms with Crippen LogP contribution in [0.5, 0.6) is 0 Å². The van der Waals surface area contributed by atoms with Gasteiger partial charge in [0.15, 0.2) is 11.6 Å². The Kier molecular flexibility index (Phi) is 2.84. The Hall–Kier alpha value is -1.38. The van der Waals surface area contributed by atoms with Crippen molar-refractivity contribution in [3.05, 3.63) is 22.7 Å². The van der Waals surface area contributed by atoms with Crippen LogP contribution < -0.4 is 0 Å². The van der Waals surface area contributed by atoms with Crippen molar-refractivity contribution in [1.82, 2.24) is 0 Å². The highest BCUT2D eigenvalue weighted by Crippen LogP contribution is 2.44. The summed E-state index contributed by atoms with van der Waals surface area (Å²) in [5.41, 5.74) is 1.61. The fourth-order valence-corrected chi connectivity index (χ4v) is 3.36. The van der Waals surface area contributed by atoms with Crippen molar-refractivity contribution in [2.75, 3.05) is 0 Å². The van der Waals surface area contributed by atoms with Gasteiger partial charge in [-0.1, -0.05) is 6.92 Å². The first-order chi connectivity index (χ1) is 8.72. The van der Waals surface area contributed by atoms with E-state index in [1.165, 1.54) is 0 Å². The third-order valence-electron chi connectivity index (χ3n) is 4.17. The maximum Gasteiger partial charge on any atom is 0.162 e. The zero-order valence-electron chi connectivity index (χ0n) is 10.8. The molecule has 0 aromatic carbocycles. The number of carbonyl (C=O) groups is 2. The van der Waals surface area contributed by atoms with Crippen molar-refractivity contribution < 1.29 is 14.3 Å². The van der Waals surface area contributed by atoms with E-state index in [2.05, 4.69) is 6.92 Å². The molecule has 1 heterocycles. The molecule has 0 atom stereocenters. The average Bonchev–Trinajstić information content (AvgIpc) is 2.37. The van der Waals surface area contributed by atoms with Crippen molar-refractivity contribution in [3.8, 4) is 0 Å². The Morgan fingerprint density at radius 2 is 1.44 bits per heavy atom. The molecule has 3 heteroatoms. The monoisotopic (exact) mass is 246 g/mol. The number of rotatable bonds is 1. The molecule has 0 aromatic heterocycles. The van der Waals surface area contributed by atoms with E-state index in [4.69, 9.17) is 4.74 Å². The summed E-state index contributed by atoms with van der Waals surface area (Å²) in [6, 6.07) is 0. The zero-order valence-corrected chi connectivity index (χ0v) is 10.8. The molecule has 0 unspecified atom stereocenters. The van der Waals surface area contributed by atoms with E-state index in [1.54, 1.807) is 0 Å². The molecule has 0 amide bonds. The van der Waals surface area contributed by atoms with Gasteiger partial charge in [-0.2, -0.15) is 0 Å². The van der Waals surface area contributed by atoms with Crippen LogP contribution in [-0.4, -0.2) is 11.6 Å². The molecular weight excluding hydrogens is 228 g/mol. The quantitative estimate of drug-likeness (QED) is 0.714. The highest BCUT2D eigenvalue weighted by atomic mass is 16.5. The smallest absolute Gasteiger partial charge is 0.162 e. The predicted octanol–water partition coefficient (Wildman–Crippen LogP) is 3.06. The van der Waals surface area contributed by atoms with Gasteiger partial charge in [0.05, 0.1) is 0 Å². The molecule has 0 bridgehead atoms. The summed E-state index contributed by atoms with van der Waals surface area (Å²) < 4.78 is 5.88. The first-order valence-electron chi connectivity index (χ1n) is 6.92. The number of ketones is 2. The second-order valence-electron chi connectivity index (χ2n) is 5.29. The SMILES string of the molecule is CCC1C2=C(CCCC2=O)OC2=C1C(=O)CCC2. The summed E-state index contributed by atoms with van der Waals surface area (Å²) >= 11 is 0. The first kappa shape index (κ1) is 11.7. The van der Waals surface area contributed by atoms with E-state index in [9.17, 15) is 9.59 Å². The van der Waals surface area contributed by atoms with Crippen molar-refractivity contribution in [3.63, 3.8) is 0 Å². The summed E-state index contributed by atoms with van der Waals surface area (Å²) in [7, 11) is 0. The predicted molar refractivity (Wildman–Crippen MR) is 66.6 cm³/mol. The topological polar surface area (TPSA) is 43.4 Å². The minimum absolute atomic E-state index is 0.00403. The second kappa shape index (κ2) is 4.38. The number of hydrogen-bond acceptors (Lipinski definition) is 3. The highest BCUT2D eigenvalue weighted by molar-refractivity contribution is 6.04. The van der Waals surface area contributed by atoms with Gasteiger partial charge in [-0.3, -0.25) is 9.59 Å². The number of allylic oxidation sites excluding steroid dienone is 4. The number of hydrogen-bond donors (Lipinski definition) is 0. The lowest BCUT2D eigenvalue weighted by atomic mass is 9.75. The van der Waals surface area contributed by atoms with Gasteiger partial charge in [-0.05, 0) is 19.3 Å². The van der Waals surface area contributed by atoms with Crippen LogP contribution in [-0.2, 0) is 14.3 Å². The van der Waals surface area contributed by atoms with Crippen LogP contribution in [0.3, 0.4) is 0 Å². The molecule has 0 fully saturated rings. The van der Waals surface area contributed by atoms with Gasteiger partial charge < -0.3 is 4.74 Å². The maximum atomic E-state index is 12.1. The lowest BCUT2D eigenvalue weighted by molar-refractivity contribution is -0.118. The van der Waals surface area contributed by atoms with Crippen LogP contribution in [0.15, 0.2) is 22.7 Å². The largest absolute Gasteiger partial charge is 0.465 e. The van der Waals surface area contributed by atoms with Crippen LogP contribution in [0.25, 0.3) is 0 Å². The van der Waals surface area contributed by atoms with Crippen LogP contribution >= 0.6 is 0 Å². The van der Waals surface area contributed by atoms with Gasteiger partial charge in [0.1, 0.15) is 11.5 Å². The summed E-state index contributed by atoms with van der Waals surface area (Å²) in [4.78, 5) is 24.2. The minimum Gasteiger partial charge on any atom is -0.465 e. The lowest BCUT2D eigenvalue weighted by Crippen LogP contribution is -2.31. The summed E-state index contributed by atoms with van der Waals surface area (Å²) in [6.07, 6.45) is 5.49. The van der Waals surface area contributed by atoms with E-state index in [0.29, 0.717) is 12.8 Å². The molecule has 18 heavy (non-hydrogen) atoms. The Morgan fingerprint density at radius 3 is 1.89 bits per heavy atom. The molecule has 1 aliphatic heterocycles. The van der Waals surface area contributed by atoms with E-state index in [1.807, 2.05) is 0 Å². The standard InChI is InChI=1S/C15H18O3/c1-2-9-14-10(16)5-3-7-12(14)18-13-8-4-6-11(17)15(9)13/h9H,2-8H2,1H3. The Labute approximate surface area is 107 Å². The molecule has 0 aromatic rings. The normalized spacial score (nSPS) is 24.9. The summed E-state index contributed by atoms with van der Waals surface area (Å²) in [5.74, 6) is 2.09. The number of ether oxygens (including phenoxy) is 1. The Morgan fingerprint density at radius 1 is 0.944 bits per heavy atom. The molecule has 3 rings (SSSR count). The molecule has 3 aliphatic rings. The maximum absolute atomic E-state index is 12.1. The Balaban J connectivity index is 2.07. The van der Waals surface area contributed by atoms with Gasteiger partial charge in [-0.25, -0.2) is 0 Å². The third kappa shape index (κ3) is 1.64. The minimum atomic E-state index is 0.00403. The number of Topliss-reactive ketones (excluding diaryl/α,β-unsaturated/α-hetero) is 2. The fourth-order valence-electron chi connectivity index (χ4n) is 3.36. The van der Waals surface area contributed by atoms with Crippen molar-refractivity contribution >= 4 is 11.6 Å². The molecule has 0 N–H and O–H groups in total. The fraction of sp³-hybridized carbons (Fsp3) is 0.600. The third-order valence-corrected chi connectivity index (χ3v) is 4.17. The van der Waals surface area contributed by atoms with Gasteiger partial charge in [0, 0.05) is 42.7 Å². The van der Waals surface area contributed by atoms with Crippen LogP contribution in [0.2, 0.25) is 0 Å². The molecule has 0 saturated carbocycles. The zero-order chi connectivity index (χ0) is 12.7. The summed E-state index contributed by atoms with van der Waals surface area (Å²) in [5, 5.41) is 0. The van der Waals surface area contributed by atoms with E-state index in [0.717, 1.165) is 54.8 Å². The summed E-state index contributed by atoms with van der Waals surface area (Å²) in [6.45, 7) is 2.05. The highest BCUT2D eigenvalue weighted by Gasteiger charge is 2.39. The van der Waals surface area contributed by atoms with Gasteiger partial charge in [0.2, 0.25) is 0 Å².